The Morgan fingerprint density at radius 2 is 1.33 bits per heavy atom. The Morgan fingerprint density at radius 3 is 1.77 bits per heavy atom. The molecule has 2 aromatic rings. The normalized spacial score (nSPS) is 22.8. The first-order valence-corrected chi connectivity index (χ1v) is 10.5. The number of hydrogen-bond donors (Lipinski definition) is 1. The Morgan fingerprint density at radius 1 is 0.867 bits per heavy atom. The number of ether oxygens (including phenoxy) is 2. The number of Topliss-reactive ketones (excluding diaryl/α,β-unsaturated/α-hetero) is 1. The van der Waals surface area contributed by atoms with Crippen LogP contribution in [0.1, 0.15) is 36.8 Å². The summed E-state index contributed by atoms with van der Waals surface area (Å²) in [4.78, 5) is 10.7. The Labute approximate surface area is 178 Å². The second kappa shape index (κ2) is 11.0. The molecule has 2 N–H and O–H groups in total. The fourth-order valence-corrected chi connectivity index (χ4v) is 3.72. The first-order valence-electron chi connectivity index (χ1n) is 10.5. The average Bonchev–Trinajstić information content (AvgIpc) is 2.73. The molecule has 5 nitrogen and oxygen atoms in total. The number of nitriles is 1. The highest BCUT2D eigenvalue weighted by atomic mass is 16.5. The largest absolute Gasteiger partial charge is 0.376 e. The van der Waals surface area contributed by atoms with E-state index in [9.17, 15) is 4.79 Å². The van der Waals surface area contributed by atoms with Gasteiger partial charge in [0, 0.05) is 12.8 Å². The summed E-state index contributed by atoms with van der Waals surface area (Å²) in [5.41, 5.74) is 7.55. The van der Waals surface area contributed by atoms with Gasteiger partial charge in [-0.1, -0.05) is 60.7 Å². The van der Waals surface area contributed by atoms with E-state index in [1.807, 2.05) is 60.7 Å². The van der Waals surface area contributed by atoms with Crippen molar-refractivity contribution in [1.29, 1.82) is 5.26 Å². The van der Waals surface area contributed by atoms with Crippen LogP contribution in [-0.4, -0.2) is 24.5 Å². The second-order valence-electron chi connectivity index (χ2n) is 8.36. The average molecular weight is 407 g/mol. The van der Waals surface area contributed by atoms with Crippen LogP contribution in [0.3, 0.4) is 0 Å². The molecule has 2 aliphatic rings. The lowest BCUT2D eigenvalue weighted by Crippen LogP contribution is -2.51. The first-order chi connectivity index (χ1) is 14.6. The van der Waals surface area contributed by atoms with E-state index in [4.69, 9.17) is 20.5 Å². The molecule has 0 radical (unpaired) electrons. The Balaban J connectivity index is 0.000000172. The SMILES string of the molecule is N#CC1(N)CC(COCc2ccccc2)C1.O=C1CC(COCc2ccccc2)C1. The molecule has 2 aliphatic carbocycles. The summed E-state index contributed by atoms with van der Waals surface area (Å²) in [7, 11) is 0. The van der Waals surface area contributed by atoms with E-state index in [0.29, 0.717) is 37.4 Å². The van der Waals surface area contributed by atoms with Crippen LogP contribution in [0.4, 0.5) is 0 Å². The van der Waals surface area contributed by atoms with Crippen molar-refractivity contribution in [2.45, 2.75) is 44.4 Å². The molecule has 0 unspecified atom stereocenters. The molecule has 0 saturated heterocycles. The molecule has 5 heteroatoms. The highest BCUT2D eigenvalue weighted by Gasteiger charge is 2.41. The number of benzene rings is 2. The third kappa shape index (κ3) is 7.07. The molecule has 2 fully saturated rings. The van der Waals surface area contributed by atoms with Gasteiger partial charge in [-0.25, -0.2) is 0 Å². The van der Waals surface area contributed by atoms with Crippen LogP contribution in [0.5, 0.6) is 0 Å². The van der Waals surface area contributed by atoms with Crippen LogP contribution >= 0.6 is 0 Å². The van der Waals surface area contributed by atoms with Gasteiger partial charge in [0.15, 0.2) is 0 Å². The number of carbonyl (C=O) groups is 1. The van der Waals surface area contributed by atoms with Gasteiger partial charge in [0.05, 0.1) is 32.5 Å². The summed E-state index contributed by atoms with van der Waals surface area (Å²) in [6.07, 6.45) is 2.96. The molecule has 0 aliphatic heterocycles. The molecule has 30 heavy (non-hydrogen) atoms. The highest BCUT2D eigenvalue weighted by molar-refractivity contribution is 5.84. The van der Waals surface area contributed by atoms with Crippen LogP contribution in [0, 0.1) is 23.2 Å². The zero-order valence-corrected chi connectivity index (χ0v) is 17.3. The summed E-state index contributed by atoms with van der Waals surface area (Å²) in [5, 5.41) is 8.75. The maximum atomic E-state index is 10.7. The minimum absolute atomic E-state index is 0.373. The highest BCUT2D eigenvalue weighted by Crippen LogP contribution is 2.35. The lowest BCUT2D eigenvalue weighted by molar-refractivity contribution is -0.128. The molecule has 0 atom stereocenters. The third-order valence-electron chi connectivity index (χ3n) is 5.49. The van der Waals surface area contributed by atoms with Gasteiger partial charge in [0.25, 0.3) is 0 Å². The topological polar surface area (TPSA) is 85.3 Å². The van der Waals surface area contributed by atoms with Crippen molar-refractivity contribution in [1.82, 2.24) is 0 Å². The number of carbonyl (C=O) groups excluding carboxylic acids is 1. The van der Waals surface area contributed by atoms with Crippen molar-refractivity contribution in [2.24, 2.45) is 17.6 Å². The Bertz CT molecular complexity index is 818. The standard InChI is InChI=1S/C13H16N2O.C12H14O2/c14-10-13(15)6-12(7-13)9-16-8-11-4-2-1-3-5-11;13-12-6-11(7-12)9-14-8-10-4-2-1-3-5-10/h1-5,12H,6-9,15H2;1-5,11H,6-9H2. The minimum Gasteiger partial charge on any atom is -0.376 e. The van der Waals surface area contributed by atoms with Crippen LogP contribution < -0.4 is 5.73 Å². The van der Waals surface area contributed by atoms with Crippen LogP contribution in [0.15, 0.2) is 60.7 Å². The minimum atomic E-state index is -0.583. The molecule has 0 spiro atoms. The van der Waals surface area contributed by atoms with Crippen molar-refractivity contribution in [3.8, 4) is 6.07 Å². The number of nitrogens with two attached hydrogens (primary N) is 1. The van der Waals surface area contributed by atoms with E-state index in [0.717, 1.165) is 32.3 Å². The fraction of sp³-hybridized carbons (Fsp3) is 0.440. The second-order valence-corrected chi connectivity index (χ2v) is 8.36. The zero-order valence-electron chi connectivity index (χ0n) is 17.3. The number of rotatable bonds is 8. The third-order valence-corrected chi connectivity index (χ3v) is 5.49. The summed E-state index contributed by atoms with van der Waals surface area (Å²) < 4.78 is 11.1. The van der Waals surface area contributed by atoms with Gasteiger partial charge in [-0.2, -0.15) is 5.26 Å². The molecule has 0 heterocycles. The monoisotopic (exact) mass is 406 g/mol. The molecule has 4 rings (SSSR count). The van der Waals surface area contributed by atoms with Crippen molar-refractivity contribution < 1.29 is 14.3 Å². The van der Waals surface area contributed by atoms with E-state index >= 15 is 0 Å². The maximum absolute atomic E-state index is 10.7. The molecule has 2 saturated carbocycles. The van der Waals surface area contributed by atoms with Crippen LogP contribution in [0.25, 0.3) is 0 Å². The molecular formula is C25H30N2O3. The smallest absolute Gasteiger partial charge is 0.133 e. The van der Waals surface area contributed by atoms with Gasteiger partial charge < -0.3 is 15.2 Å². The van der Waals surface area contributed by atoms with Gasteiger partial charge in [-0.3, -0.25) is 4.79 Å². The van der Waals surface area contributed by atoms with Gasteiger partial charge in [-0.05, 0) is 35.8 Å². The lowest BCUT2D eigenvalue weighted by atomic mass is 9.70. The predicted molar refractivity (Wildman–Crippen MR) is 115 cm³/mol. The molecule has 0 aromatic heterocycles. The van der Waals surface area contributed by atoms with Gasteiger partial charge in [0.1, 0.15) is 11.3 Å². The number of nitrogens with zero attached hydrogens (tertiary/aromatic N) is 1. The molecular weight excluding hydrogens is 376 g/mol. The molecule has 0 amide bonds. The van der Waals surface area contributed by atoms with Crippen molar-refractivity contribution in [3.05, 3.63) is 71.8 Å². The van der Waals surface area contributed by atoms with Crippen molar-refractivity contribution in [3.63, 3.8) is 0 Å². The van der Waals surface area contributed by atoms with E-state index in [1.54, 1.807) is 0 Å². The van der Waals surface area contributed by atoms with E-state index in [2.05, 4.69) is 6.07 Å². The summed E-state index contributed by atoms with van der Waals surface area (Å²) >= 11 is 0. The van der Waals surface area contributed by atoms with E-state index in [-0.39, 0.29) is 0 Å². The Kier molecular flexibility index (Phi) is 8.15. The quantitative estimate of drug-likeness (QED) is 0.716. The molecule has 158 valence electrons. The van der Waals surface area contributed by atoms with Crippen LogP contribution in [0.2, 0.25) is 0 Å². The summed E-state index contributed by atoms with van der Waals surface area (Å²) in [5.74, 6) is 1.30. The Hall–Kier alpha value is -2.52. The molecule has 0 bridgehead atoms. The van der Waals surface area contributed by atoms with Crippen LogP contribution in [-0.2, 0) is 27.5 Å². The van der Waals surface area contributed by atoms with Gasteiger partial charge >= 0.3 is 0 Å². The van der Waals surface area contributed by atoms with E-state index < -0.39 is 5.54 Å². The fourth-order valence-electron chi connectivity index (χ4n) is 3.72. The van der Waals surface area contributed by atoms with Crippen molar-refractivity contribution >= 4 is 5.78 Å². The lowest BCUT2D eigenvalue weighted by Gasteiger charge is -2.39. The van der Waals surface area contributed by atoms with E-state index in [1.165, 1.54) is 11.1 Å². The maximum Gasteiger partial charge on any atom is 0.133 e. The number of ketones is 1. The first kappa shape index (κ1) is 22.2. The summed E-state index contributed by atoms with van der Waals surface area (Å²) in [6, 6.07) is 22.3. The van der Waals surface area contributed by atoms with Crippen molar-refractivity contribution in [2.75, 3.05) is 13.2 Å². The van der Waals surface area contributed by atoms with Gasteiger partial charge in [-0.15, -0.1) is 0 Å². The summed E-state index contributed by atoms with van der Waals surface area (Å²) in [6.45, 7) is 2.73. The predicted octanol–water partition coefficient (Wildman–Crippen LogP) is 4.02. The zero-order chi connectivity index (χ0) is 21.2. The number of hydrogen-bond acceptors (Lipinski definition) is 5. The molecule has 2 aromatic carbocycles. The van der Waals surface area contributed by atoms with Gasteiger partial charge in [0.2, 0.25) is 0 Å².